The Morgan fingerprint density at radius 1 is 1.11 bits per heavy atom. The number of allylic oxidation sites excluding steroid dienone is 1. The van der Waals surface area contributed by atoms with Crippen molar-refractivity contribution in [3.8, 4) is 0 Å². The van der Waals surface area contributed by atoms with Gasteiger partial charge in [0, 0.05) is 0 Å². The molecule has 2 rings (SSSR count). The van der Waals surface area contributed by atoms with Gasteiger partial charge in [0.1, 0.15) is 29.9 Å². The number of ether oxygens (including phenoxy) is 3. The Morgan fingerprint density at radius 3 is 2.21 bits per heavy atom. The summed E-state index contributed by atoms with van der Waals surface area (Å²) in [4.78, 5) is 65.4. The predicted molar refractivity (Wildman–Crippen MR) is 138 cm³/mol. The zero-order chi connectivity index (χ0) is 29.2. The zero-order valence-electron chi connectivity index (χ0n) is 23.6. The molecule has 0 aromatic rings. The van der Waals surface area contributed by atoms with E-state index in [1.54, 1.807) is 61.5 Å². The molecule has 4 N–H and O–H groups in total. The largest absolute Gasteiger partial charge is 0.444 e. The van der Waals surface area contributed by atoms with Crippen LogP contribution in [0.15, 0.2) is 12.7 Å². The maximum absolute atomic E-state index is 13.9. The van der Waals surface area contributed by atoms with Crippen LogP contribution in [0.5, 0.6) is 0 Å². The Hall–Kier alpha value is -2.99. The SMILES string of the molecule is C=CCCC(NC(=O)C1C2OC(C)(C)OC2CN1C(=O)C(NC(=O)OC(C)(C)C)C(C)(C)C)C(=O)C(N)=O. The third kappa shape index (κ3) is 7.76. The number of amides is 4. The second kappa shape index (κ2) is 11.4. The lowest BCUT2D eigenvalue weighted by atomic mass is 9.85. The molecular formula is C26H42N4O8. The molecule has 214 valence electrons. The summed E-state index contributed by atoms with van der Waals surface area (Å²) in [7, 11) is 0. The number of hydrogen-bond acceptors (Lipinski definition) is 8. The molecule has 5 unspecified atom stereocenters. The highest BCUT2D eigenvalue weighted by Gasteiger charge is 2.58. The van der Waals surface area contributed by atoms with E-state index in [1.807, 2.05) is 0 Å². The first-order valence-corrected chi connectivity index (χ1v) is 12.7. The van der Waals surface area contributed by atoms with Crippen LogP contribution in [0.4, 0.5) is 4.79 Å². The second-order valence-electron chi connectivity index (χ2n) is 12.2. The summed E-state index contributed by atoms with van der Waals surface area (Å²) in [5.41, 5.74) is 3.63. The third-order valence-corrected chi connectivity index (χ3v) is 6.11. The van der Waals surface area contributed by atoms with Crippen LogP contribution in [0.3, 0.4) is 0 Å². The summed E-state index contributed by atoms with van der Waals surface area (Å²) in [5, 5.41) is 5.21. The molecule has 0 aromatic heterocycles. The Labute approximate surface area is 224 Å². The van der Waals surface area contributed by atoms with Gasteiger partial charge in [-0.05, 0) is 52.9 Å². The molecule has 0 spiro atoms. The van der Waals surface area contributed by atoms with Crippen molar-refractivity contribution in [2.45, 2.75) is 110 Å². The number of ketones is 1. The number of alkyl carbamates (subject to hydrolysis) is 1. The Kier molecular flexibility index (Phi) is 9.37. The van der Waals surface area contributed by atoms with Gasteiger partial charge in [-0.1, -0.05) is 26.8 Å². The standard InChI is InChI=1S/C26H42N4O8/c1-10-11-12-14(17(31)20(27)32)28-21(33)16-18-15(36-26(8,9)37-18)13-30(16)22(34)19(24(2,3)4)29-23(35)38-25(5,6)7/h10,14-16,18-19H,1,11-13H2,2-9H3,(H2,27,32)(H,28,33)(H,29,35). The highest BCUT2D eigenvalue weighted by atomic mass is 16.8. The highest BCUT2D eigenvalue weighted by molar-refractivity contribution is 6.37. The molecule has 2 fully saturated rings. The molecule has 0 saturated carbocycles. The van der Waals surface area contributed by atoms with E-state index in [-0.39, 0.29) is 13.0 Å². The molecule has 12 nitrogen and oxygen atoms in total. The van der Waals surface area contributed by atoms with Gasteiger partial charge < -0.3 is 35.5 Å². The fourth-order valence-corrected chi connectivity index (χ4v) is 4.50. The average Bonchev–Trinajstić information content (AvgIpc) is 3.23. The van der Waals surface area contributed by atoms with Crippen LogP contribution in [0.25, 0.3) is 0 Å². The van der Waals surface area contributed by atoms with Gasteiger partial charge in [-0.2, -0.15) is 0 Å². The van der Waals surface area contributed by atoms with Crippen LogP contribution >= 0.6 is 0 Å². The molecule has 4 amide bonds. The first-order valence-electron chi connectivity index (χ1n) is 12.7. The van der Waals surface area contributed by atoms with Crippen LogP contribution in [-0.4, -0.2) is 82.8 Å². The molecule has 0 aliphatic carbocycles. The molecule has 0 radical (unpaired) electrons. The van der Waals surface area contributed by atoms with Crippen molar-refractivity contribution in [1.82, 2.24) is 15.5 Å². The average molecular weight is 539 g/mol. The van der Waals surface area contributed by atoms with Gasteiger partial charge in [0.2, 0.25) is 17.6 Å². The minimum atomic E-state index is -1.21. The van der Waals surface area contributed by atoms with Crippen molar-refractivity contribution in [3.63, 3.8) is 0 Å². The van der Waals surface area contributed by atoms with Crippen LogP contribution < -0.4 is 16.4 Å². The summed E-state index contributed by atoms with van der Waals surface area (Å²) >= 11 is 0. The molecule has 38 heavy (non-hydrogen) atoms. The molecule has 12 heteroatoms. The van der Waals surface area contributed by atoms with E-state index < -0.39 is 76.7 Å². The quantitative estimate of drug-likeness (QED) is 0.290. The van der Waals surface area contributed by atoms with Gasteiger partial charge in [0.05, 0.1) is 12.6 Å². The number of rotatable bonds is 9. The van der Waals surface area contributed by atoms with Crippen molar-refractivity contribution in [2.24, 2.45) is 11.1 Å². The molecule has 2 heterocycles. The molecule has 5 atom stereocenters. The van der Waals surface area contributed by atoms with Crippen molar-refractivity contribution < 1.29 is 38.2 Å². The summed E-state index contributed by atoms with van der Waals surface area (Å²) in [5.74, 6) is -4.41. The second-order valence-corrected chi connectivity index (χ2v) is 12.2. The van der Waals surface area contributed by atoms with Crippen molar-refractivity contribution >= 4 is 29.6 Å². The van der Waals surface area contributed by atoms with E-state index in [0.29, 0.717) is 6.42 Å². The third-order valence-electron chi connectivity index (χ3n) is 6.11. The first kappa shape index (κ1) is 31.2. The minimum absolute atomic E-state index is 0.00862. The number of nitrogens with zero attached hydrogens (tertiary/aromatic N) is 1. The van der Waals surface area contributed by atoms with Crippen LogP contribution in [0.2, 0.25) is 0 Å². The number of nitrogens with two attached hydrogens (primary N) is 1. The maximum Gasteiger partial charge on any atom is 0.408 e. The van der Waals surface area contributed by atoms with Gasteiger partial charge in [-0.15, -0.1) is 6.58 Å². The van der Waals surface area contributed by atoms with Gasteiger partial charge in [0.25, 0.3) is 5.91 Å². The van der Waals surface area contributed by atoms with Crippen LogP contribution in [0.1, 0.15) is 68.2 Å². The summed E-state index contributed by atoms with van der Waals surface area (Å²) in [6.45, 7) is 17.4. The van der Waals surface area contributed by atoms with E-state index in [4.69, 9.17) is 19.9 Å². The molecular weight excluding hydrogens is 496 g/mol. The Bertz CT molecular complexity index is 965. The molecule has 0 aromatic carbocycles. The molecule has 2 aliphatic heterocycles. The predicted octanol–water partition coefficient (Wildman–Crippen LogP) is 1.16. The van der Waals surface area contributed by atoms with E-state index in [0.717, 1.165) is 0 Å². The number of carbonyl (C=O) groups excluding carboxylic acids is 5. The summed E-state index contributed by atoms with van der Waals surface area (Å²) in [6, 6.07) is -3.47. The van der Waals surface area contributed by atoms with Crippen LogP contribution in [-0.2, 0) is 33.4 Å². The Balaban J connectivity index is 2.40. The van der Waals surface area contributed by atoms with E-state index >= 15 is 0 Å². The van der Waals surface area contributed by atoms with Gasteiger partial charge >= 0.3 is 6.09 Å². The summed E-state index contributed by atoms with van der Waals surface area (Å²) in [6.07, 6.45) is -0.287. The van der Waals surface area contributed by atoms with Crippen molar-refractivity contribution in [1.29, 1.82) is 0 Å². The van der Waals surface area contributed by atoms with Gasteiger partial charge in [-0.3, -0.25) is 19.2 Å². The number of fused-ring (bicyclic) bond motifs is 1. The van der Waals surface area contributed by atoms with Crippen molar-refractivity contribution in [2.75, 3.05) is 6.54 Å². The monoisotopic (exact) mass is 538 g/mol. The molecule has 2 aliphatic rings. The maximum atomic E-state index is 13.9. The lowest BCUT2D eigenvalue weighted by molar-refractivity contribution is -0.171. The normalized spacial score (nSPS) is 24.1. The smallest absolute Gasteiger partial charge is 0.408 e. The number of likely N-dealkylation sites (tertiary alicyclic amines) is 1. The van der Waals surface area contributed by atoms with E-state index in [1.165, 1.54) is 4.90 Å². The van der Waals surface area contributed by atoms with Crippen molar-refractivity contribution in [3.05, 3.63) is 12.7 Å². The number of carbonyl (C=O) groups is 5. The fraction of sp³-hybridized carbons (Fsp3) is 0.731. The summed E-state index contributed by atoms with van der Waals surface area (Å²) < 4.78 is 17.3. The van der Waals surface area contributed by atoms with E-state index in [2.05, 4.69) is 17.2 Å². The topological polar surface area (TPSA) is 166 Å². The first-order chi connectivity index (χ1) is 17.3. The van der Waals surface area contributed by atoms with Crippen LogP contribution in [0, 0.1) is 5.41 Å². The fourth-order valence-electron chi connectivity index (χ4n) is 4.50. The number of primary amides is 1. The van der Waals surface area contributed by atoms with Gasteiger partial charge in [-0.25, -0.2) is 4.79 Å². The Morgan fingerprint density at radius 2 is 1.71 bits per heavy atom. The van der Waals surface area contributed by atoms with E-state index in [9.17, 15) is 24.0 Å². The molecule has 2 saturated heterocycles. The number of hydrogen-bond donors (Lipinski definition) is 3. The zero-order valence-corrected chi connectivity index (χ0v) is 23.6. The minimum Gasteiger partial charge on any atom is -0.444 e. The lowest BCUT2D eigenvalue weighted by Crippen LogP contribution is -2.61. The number of Topliss-reactive ketones (excluding diaryl/α,β-unsaturated/α-hetero) is 1. The lowest BCUT2D eigenvalue weighted by Gasteiger charge is -2.37. The van der Waals surface area contributed by atoms with Gasteiger partial charge in [0.15, 0.2) is 5.79 Å². The number of nitrogens with one attached hydrogen (secondary N) is 2. The highest BCUT2D eigenvalue weighted by Crippen LogP contribution is 2.38. The molecule has 0 bridgehead atoms.